The highest BCUT2D eigenvalue weighted by Crippen LogP contribution is 2.39. The summed E-state index contributed by atoms with van der Waals surface area (Å²) in [5, 5.41) is 3.30. The molecule has 1 amide bonds. The minimum atomic E-state index is -0.593. The number of nitrogens with one attached hydrogen (secondary N) is 2. The van der Waals surface area contributed by atoms with E-state index in [0.717, 1.165) is 53.7 Å². The first-order valence-corrected chi connectivity index (χ1v) is 14.7. The Hall–Kier alpha value is -2.95. The van der Waals surface area contributed by atoms with Crippen molar-refractivity contribution >= 4 is 34.7 Å². The summed E-state index contributed by atoms with van der Waals surface area (Å²) in [6.45, 7) is 8.53. The second-order valence-corrected chi connectivity index (χ2v) is 12.4. The van der Waals surface area contributed by atoms with Gasteiger partial charge >= 0.3 is 6.09 Å². The fourth-order valence-corrected chi connectivity index (χ4v) is 6.67. The van der Waals surface area contributed by atoms with Crippen LogP contribution in [0, 0.1) is 17.8 Å². The third-order valence-electron chi connectivity index (χ3n) is 8.77. The summed E-state index contributed by atoms with van der Waals surface area (Å²) in [6, 6.07) is 4.13. The van der Waals surface area contributed by atoms with Crippen LogP contribution in [0.5, 0.6) is 0 Å². The zero-order valence-corrected chi connectivity index (χ0v) is 24.3. The first-order chi connectivity index (χ1) is 19.3. The van der Waals surface area contributed by atoms with Crippen LogP contribution in [0.1, 0.15) is 64.7 Å². The van der Waals surface area contributed by atoms with E-state index >= 15 is 0 Å². The minimum absolute atomic E-state index is 0.150. The number of nitrogens with zero attached hydrogens (tertiary/aromatic N) is 5. The monoisotopic (exact) mass is 567 g/mol. The first kappa shape index (κ1) is 27.2. The first-order valence-electron chi connectivity index (χ1n) is 14.3. The molecule has 0 bridgehead atoms. The van der Waals surface area contributed by atoms with Crippen LogP contribution in [0.2, 0.25) is 5.02 Å². The number of anilines is 1. The number of imidazole rings is 1. The van der Waals surface area contributed by atoms with Gasteiger partial charge in [-0.15, -0.1) is 5.48 Å². The molecule has 1 saturated carbocycles. The maximum absolute atomic E-state index is 11.8. The normalized spacial score (nSPS) is 27.0. The van der Waals surface area contributed by atoms with E-state index in [1.807, 2.05) is 12.1 Å². The van der Waals surface area contributed by atoms with Crippen LogP contribution in [-0.4, -0.2) is 51.4 Å². The number of carbonyl (C=O) groups is 1. The highest BCUT2D eigenvalue weighted by molar-refractivity contribution is 6.30. The van der Waals surface area contributed by atoms with E-state index in [0.29, 0.717) is 28.6 Å². The molecular weight excluding hydrogens is 530 g/mol. The zero-order valence-electron chi connectivity index (χ0n) is 23.6. The van der Waals surface area contributed by atoms with Gasteiger partial charge in [0.2, 0.25) is 5.95 Å². The van der Waals surface area contributed by atoms with Crippen LogP contribution < -0.4 is 15.7 Å². The van der Waals surface area contributed by atoms with Crippen molar-refractivity contribution in [3.05, 3.63) is 35.2 Å². The molecule has 2 saturated heterocycles. The summed E-state index contributed by atoms with van der Waals surface area (Å²) in [6.07, 6.45) is 8.26. The maximum Gasteiger partial charge on any atom is 0.427 e. The number of amides is 1. The summed E-state index contributed by atoms with van der Waals surface area (Å²) < 4.78 is 8.23. The second-order valence-electron chi connectivity index (χ2n) is 11.9. The molecule has 6 rings (SSSR count). The molecule has 0 radical (unpaired) electrons. The Balaban J connectivity index is 1.55. The van der Waals surface area contributed by atoms with Crippen LogP contribution in [0.3, 0.4) is 0 Å². The predicted molar refractivity (Wildman–Crippen MR) is 154 cm³/mol. The van der Waals surface area contributed by atoms with E-state index < -0.39 is 12.3 Å². The lowest BCUT2D eigenvalue weighted by atomic mass is 9.83. The second kappa shape index (κ2) is 11.1. The summed E-state index contributed by atoms with van der Waals surface area (Å²) in [5.74, 6) is 2.71. The van der Waals surface area contributed by atoms with Gasteiger partial charge in [-0.2, -0.15) is 0 Å². The number of halogens is 1. The molecule has 214 valence electrons. The van der Waals surface area contributed by atoms with Gasteiger partial charge < -0.3 is 19.0 Å². The van der Waals surface area contributed by atoms with Gasteiger partial charge in [0, 0.05) is 44.2 Å². The van der Waals surface area contributed by atoms with E-state index in [1.165, 1.54) is 25.7 Å². The van der Waals surface area contributed by atoms with Gasteiger partial charge in [0.25, 0.3) is 0 Å². The molecule has 0 spiro atoms. The smallest absolute Gasteiger partial charge is 0.380 e. The van der Waals surface area contributed by atoms with E-state index in [-0.39, 0.29) is 6.10 Å². The number of ether oxygens (including phenoxy) is 1. The molecule has 1 unspecified atom stereocenters. The molecule has 5 heterocycles. The van der Waals surface area contributed by atoms with Crippen molar-refractivity contribution < 1.29 is 14.4 Å². The third-order valence-corrected chi connectivity index (χ3v) is 8.98. The van der Waals surface area contributed by atoms with Crippen LogP contribution in [0.25, 0.3) is 22.3 Å². The number of carbonyl (C=O) groups excluding carboxylic acids is 1. The predicted octanol–water partition coefficient (Wildman–Crippen LogP) is 5.47. The molecule has 2 aliphatic heterocycles. The highest BCUT2D eigenvalue weighted by Gasteiger charge is 2.38. The number of methoxy groups -OCH3 is 1. The number of rotatable bonds is 7. The largest absolute Gasteiger partial charge is 0.427 e. The minimum Gasteiger partial charge on any atom is -0.380 e. The van der Waals surface area contributed by atoms with Gasteiger partial charge in [-0.1, -0.05) is 45.2 Å². The van der Waals surface area contributed by atoms with Gasteiger partial charge in [0.15, 0.2) is 6.17 Å². The average molecular weight is 568 g/mol. The van der Waals surface area contributed by atoms with Gasteiger partial charge in [-0.3, -0.25) is 10.3 Å². The van der Waals surface area contributed by atoms with E-state index in [2.05, 4.69) is 46.0 Å². The standard InChI is InChI=1S/C29H38ClN7O3/c1-16(2)24-10-21(39-4)15-36(24)28-33-22-11-23(27-34-29(38)40-35-27)32-25(19-9-20(30)13-31-12-19)26(22)37(28)14-18-7-5-17(3)6-8-18/h9,11-13,16-18,21,24,27,35H,5-8,10,14-15H2,1-4H3,(H,34,38)/t17?,18?,21-,24+,27?/m1/s1. The van der Waals surface area contributed by atoms with Gasteiger partial charge in [0.1, 0.15) is 0 Å². The van der Waals surface area contributed by atoms with Crippen molar-refractivity contribution in [2.75, 3.05) is 18.6 Å². The van der Waals surface area contributed by atoms with Crippen molar-refractivity contribution in [1.29, 1.82) is 0 Å². The fraction of sp³-hybridized carbons (Fsp3) is 0.586. The lowest BCUT2D eigenvalue weighted by Crippen LogP contribution is -2.36. The van der Waals surface area contributed by atoms with Crippen molar-refractivity contribution in [2.24, 2.45) is 17.8 Å². The van der Waals surface area contributed by atoms with E-state index in [4.69, 9.17) is 31.1 Å². The van der Waals surface area contributed by atoms with Crippen LogP contribution in [-0.2, 0) is 16.1 Å². The molecular formula is C29H38ClN7O3. The highest BCUT2D eigenvalue weighted by atomic mass is 35.5. The maximum atomic E-state index is 11.8. The summed E-state index contributed by atoms with van der Waals surface area (Å²) in [4.78, 5) is 33.9. The molecule has 1 aliphatic carbocycles. The fourth-order valence-electron chi connectivity index (χ4n) is 6.50. The molecule has 3 aromatic rings. The molecule has 3 atom stereocenters. The number of fused-ring (bicyclic) bond motifs is 1. The summed E-state index contributed by atoms with van der Waals surface area (Å²) in [7, 11) is 1.79. The Morgan fingerprint density at radius 2 is 1.98 bits per heavy atom. The molecule has 0 aromatic carbocycles. The lowest BCUT2D eigenvalue weighted by molar-refractivity contribution is 0.116. The SMILES string of the molecule is CO[C@@H]1C[C@@H](C(C)C)N(c2nc3cc(C4NOC(=O)N4)nc(-c4cncc(Cl)c4)c3n2CC2CCC(C)CC2)C1. The van der Waals surface area contributed by atoms with Crippen LogP contribution >= 0.6 is 11.6 Å². The Labute approximate surface area is 239 Å². The number of hydrogen-bond donors (Lipinski definition) is 2. The number of hydroxylamine groups is 1. The Morgan fingerprint density at radius 3 is 2.65 bits per heavy atom. The van der Waals surface area contributed by atoms with Crippen molar-refractivity contribution in [2.45, 2.75) is 77.7 Å². The number of pyridine rings is 2. The lowest BCUT2D eigenvalue weighted by Gasteiger charge is -2.31. The van der Waals surface area contributed by atoms with Crippen LogP contribution in [0.15, 0.2) is 24.5 Å². The molecule has 40 heavy (non-hydrogen) atoms. The molecule has 10 nitrogen and oxygen atoms in total. The molecule has 2 N–H and O–H groups in total. The van der Waals surface area contributed by atoms with E-state index in [9.17, 15) is 4.79 Å². The van der Waals surface area contributed by atoms with Gasteiger partial charge in [0.05, 0.1) is 33.5 Å². The molecule has 3 aliphatic rings. The van der Waals surface area contributed by atoms with Crippen LogP contribution in [0.4, 0.5) is 10.7 Å². The molecule has 3 fully saturated rings. The van der Waals surface area contributed by atoms with Crippen molar-refractivity contribution in [3.8, 4) is 11.3 Å². The van der Waals surface area contributed by atoms with Crippen molar-refractivity contribution in [1.82, 2.24) is 30.3 Å². The number of aromatic nitrogens is 4. The Morgan fingerprint density at radius 1 is 1.18 bits per heavy atom. The van der Waals surface area contributed by atoms with Crippen molar-refractivity contribution in [3.63, 3.8) is 0 Å². The zero-order chi connectivity index (χ0) is 28.0. The topological polar surface area (TPSA) is 106 Å². The average Bonchev–Trinajstić information content (AvgIpc) is 3.66. The quantitative estimate of drug-likeness (QED) is 0.387. The third kappa shape index (κ3) is 5.24. The summed E-state index contributed by atoms with van der Waals surface area (Å²) in [5.41, 5.74) is 6.63. The molecule has 3 aromatic heterocycles. The number of hydrogen-bond acceptors (Lipinski definition) is 8. The Bertz CT molecular complexity index is 1390. The van der Waals surface area contributed by atoms with Gasteiger partial charge in [-0.25, -0.2) is 14.8 Å². The molecule has 11 heteroatoms. The van der Waals surface area contributed by atoms with Gasteiger partial charge in [-0.05, 0) is 49.1 Å². The Kier molecular flexibility index (Phi) is 7.58. The summed E-state index contributed by atoms with van der Waals surface area (Å²) >= 11 is 6.41. The van der Waals surface area contributed by atoms with E-state index in [1.54, 1.807) is 19.5 Å².